The van der Waals surface area contributed by atoms with Crippen molar-refractivity contribution in [2.45, 2.75) is 431 Å². The van der Waals surface area contributed by atoms with Crippen LogP contribution in [-0.2, 0) is 14.3 Å². The molecule has 0 saturated heterocycles. The van der Waals surface area contributed by atoms with Crippen LogP contribution in [0.25, 0.3) is 0 Å². The molecular formula is C77H147NO5. The number of nitrogens with one attached hydrogen (secondary N) is 1. The molecule has 2 unspecified atom stereocenters. The predicted octanol–water partition coefficient (Wildman–Crippen LogP) is 24.7. The second-order valence-electron chi connectivity index (χ2n) is 26.0. The largest absolute Gasteiger partial charge is 0.466 e. The molecule has 0 fully saturated rings. The van der Waals surface area contributed by atoms with E-state index in [0.717, 1.165) is 44.9 Å². The van der Waals surface area contributed by atoms with Gasteiger partial charge in [-0.2, -0.15) is 0 Å². The number of carbonyl (C=O) groups is 2. The zero-order chi connectivity index (χ0) is 59.9. The fourth-order valence-corrected chi connectivity index (χ4v) is 11.9. The van der Waals surface area contributed by atoms with Gasteiger partial charge in [0.05, 0.1) is 25.4 Å². The molecule has 6 heteroatoms. The number of amides is 1. The lowest BCUT2D eigenvalue weighted by atomic mass is 10.0. The summed E-state index contributed by atoms with van der Waals surface area (Å²) in [4.78, 5) is 24.6. The quantitative estimate of drug-likeness (QED) is 0.0320. The molecule has 83 heavy (non-hydrogen) atoms. The van der Waals surface area contributed by atoms with E-state index in [0.29, 0.717) is 19.4 Å². The third kappa shape index (κ3) is 69.1. The number of ether oxygens (including phenoxy) is 1. The monoisotopic (exact) mass is 1170 g/mol. The molecule has 6 nitrogen and oxygen atoms in total. The van der Waals surface area contributed by atoms with E-state index in [9.17, 15) is 19.8 Å². The summed E-state index contributed by atoms with van der Waals surface area (Å²) in [5, 5.41) is 23.3. The Kier molecular flexibility index (Phi) is 70.9. The summed E-state index contributed by atoms with van der Waals surface area (Å²) in [6, 6.07) is -0.628. The van der Waals surface area contributed by atoms with E-state index in [1.165, 1.54) is 347 Å². The van der Waals surface area contributed by atoms with Crippen molar-refractivity contribution in [2.75, 3.05) is 13.2 Å². The molecule has 0 rings (SSSR count). The fourth-order valence-electron chi connectivity index (χ4n) is 11.9. The van der Waals surface area contributed by atoms with Gasteiger partial charge in [0.15, 0.2) is 0 Å². The van der Waals surface area contributed by atoms with Gasteiger partial charge in [-0.15, -0.1) is 0 Å². The van der Waals surface area contributed by atoms with E-state index in [2.05, 4.69) is 43.5 Å². The normalized spacial score (nSPS) is 12.7. The van der Waals surface area contributed by atoms with Crippen LogP contribution < -0.4 is 5.32 Å². The molecule has 0 aliphatic rings. The zero-order valence-corrected chi connectivity index (χ0v) is 56.2. The standard InChI is InChI=1S/C77H147NO5/c1-3-5-7-9-11-13-15-17-18-19-20-21-22-31-34-37-40-43-46-49-53-57-61-65-69-75(80)74(73-79)78-76(81)70-66-62-58-54-50-47-44-41-38-35-32-29-27-25-23-24-26-28-30-33-36-39-42-45-48-52-56-60-64-68-72-83-77(82)71-67-63-59-55-51-16-14-12-10-8-6-4-2/h12,14,24,26,65,69,74-75,79-80H,3-11,13,15-23,25,27-64,66-68,70-73H2,1-2H3,(H,78,81)/b14-12-,26-24-,69-65+. The van der Waals surface area contributed by atoms with E-state index in [4.69, 9.17) is 4.74 Å². The van der Waals surface area contributed by atoms with Gasteiger partial charge in [0.1, 0.15) is 0 Å². The first-order valence-corrected chi connectivity index (χ1v) is 37.8. The van der Waals surface area contributed by atoms with Crippen molar-refractivity contribution in [2.24, 2.45) is 0 Å². The lowest BCUT2D eigenvalue weighted by Crippen LogP contribution is -2.45. The SMILES string of the molecule is CCCCC/C=C\CCCCCCCC(=O)OCCCCCCCCCCCCCC/C=C\CCCCCCCCCCCCCCCCC(=O)NC(CO)C(O)/C=C/CCCCCCCCCCCCCCCCCCCCCCCC. The van der Waals surface area contributed by atoms with Crippen LogP contribution in [0.15, 0.2) is 36.5 Å². The average Bonchev–Trinajstić information content (AvgIpc) is 3.49. The van der Waals surface area contributed by atoms with Crippen molar-refractivity contribution >= 4 is 11.9 Å². The number of unbranched alkanes of at least 4 members (excludes halogenated alkanes) is 56. The summed E-state index contributed by atoms with van der Waals surface area (Å²) >= 11 is 0. The van der Waals surface area contributed by atoms with E-state index < -0.39 is 12.1 Å². The second kappa shape index (κ2) is 72.6. The first kappa shape index (κ1) is 81.1. The van der Waals surface area contributed by atoms with Crippen molar-refractivity contribution in [1.82, 2.24) is 5.32 Å². The van der Waals surface area contributed by atoms with Crippen LogP contribution in [-0.4, -0.2) is 47.4 Å². The molecule has 0 aliphatic heterocycles. The highest BCUT2D eigenvalue weighted by molar-refractivity contribution is 5.76. The molecule has 3 N–H and O–H groups in total. The maximum atomic E-state index is 12.5. The summed E-state index contributed by atoms with van der Waals surface area (Å²) in [7, 11) is 0. The Balaban J connectivity index is 3.40. The van der Waals surface area contributed by atoms with E-state index in [1.807, 2.05) is 6.08 Å². The smallest absolute Gasteiger partial charge is 0.305 e. The van der Waals surface area contributed by atoms with Gasteiger partial charge < -0.3 is 20.3 Å². The van der Waals surface area contributed by atoms with Crippen LogP contribution >= 0.6 is 0 Å². The Morgan fingerprint density at radius 2 is 0.566 bits per heavy atom. The molecule has 0 radical (unpaired) electrons. The highest BCUT2D eigenvalue weighted by Crippen LogP contribution is 2.19. The van der Waals surface area contributed by atoms with Gasteiger partial charge in [0.25, 0.3) is 0 Å². The Morgan fingerprint density at radius 1 is 0.325 bits per heavy atom. The predicted molar refractivity (Wildman–Crippen MR) is 366 cm³/mol. The van der Waals surface area contributed by atoms with Crippen molar-refractivity contribution in [3.8, 4) is 0 Å². The highest BCUT2D eigenvalue weighted by atomic mass is 16.5. The van der Waals surface area contributed by atoms with Gasteiger partial charge in [-0.05, 0) is 83.5 Å². The van der Waals surface area contributed by atoms with E-state index in [-0.39, 0.29) is 18.5 Å². The van der Waals surface area contributed by atoms with Crippen molar-refractivity contribution < 1.29 is 24.5 Å². The summed E-state index contributed by atoms with van der Waals surface area (Å²) < 4.78 is 5.48. The van der Waals surface area contributed by atoms with Crippen LogP contribution in [0.4, 0.5) is 0 Å². The number of rotatable bonds is 71. The van der Waals surface area contributed by atoms with Crippen molar-refractivity contribution in [1.29, 1.82) is 0 Å². The molecule has 0 aromatic heterocycles. The molecule has 0 bridgehead atoms. The molecular weight excluding hydrogens is 1020 g/mol. The summed E-state index contributed by atoms with van der Waals surface area (Å²) in [6.07, 6.45) is 93.9. The number of aliphatic hydroxyl groups excluding tert-OH is 2. The van der Waals surface area contributed by atoms with Crippen LogP contribution in [0.1, 0.15) is 418 Å². The highest BCUT2D eigenvalue weighted by Gasteiger charge is 2.18. The average molecular weight is 1170 g/mol. The number of aliphatic hydroxyl groups is 2. The van der Waals surface area contributed by atoms with Gasteiger partial charge in [0, 0.05) is 12.8 Å². The molecule has 2 atom stereocenters. The van der Waals surface area contributed by atoms with Gasteiger partial charge in [0.2, 0.25) is 5.91 Å². The van der Waals surface area contributed by atoms with Crippen LogP contribution in [0, 0.1) is 0 Å². The van der Waals surface area contributed by atoms with Gasteiger partial charge >= 0.3 is 5.97 Å². The fraction of sp³-hybridized carbons (Fsp3) is 0.896. The topological polar surface area (TPSA) is 95.9 Å². The molecule has 0 heterocycles. The third-order valence-electron chi connectivity index (χ3n) is 17.6. The van der Waals surface area contributed by atoms with Crippen molar-refractivity contribution in [3.63, 3.8) is 0 Å². The lowest BCUT2D eigenvalue weighted by Gasteiger charge is -2.20. The second-order valence-corrected chi connectivity index (χ2v) is 26.0. The Hall–Kier alpha value is -1.92. The number of hydrogen-bond donors (Lipinski definition) is 3. The lowest BCUT2D eigenvalue weighted by molar-refractivity contribution is -0.143. The maximum Gasteiger partial charge on any atom is 0.305 e. The number of allylic oxidation sites excluding steroid dienone is 5. The molecule has 0 aliphatic carbocycles. The summed E-state index contributed by atoms with van der Waals surface area (Å²) in [6.45, 7) is 4.92. The Labute approximate surface area is 519 Å². The van der Waals surface area contributed by atoms with E-state index >= 15 is 0 Å². The van der Waals surface area contributed by atoms with Gasteiger partial charge in [-0.1, -0.05) is 359 Å². The molecule has 0 aromatic rings. The number of carbonyl (C=O) groups excluding carboxylic acids is 2. The molecule has 0 spiro atoms. The molecule has 0 saturated carbocycles. The Bertz CT molecular complexity index is 1340. The maximum absolute atomic E-state index is 12.5. The van der Waals surface area contributed by atoms with E-state index in [1.54, 1.807) is 6.08 Å². The van der Waals surface area contributed by atoms with Gasteiger partial charge in [-0.25, -0.2) is 0 Å². The first-order valence-electron chi connectivity index (χ1n) is 37.8. The molecule has 0 aromatic carbocycles. The van der Waals surface area contributed by atoms with Crippen LogP contribution in [0.5, 0.6) is 0 Å². The minimum atomic E-state index is -0.845. The third-order valence-corrected chi connectivity index (χ3v) is 17.6. The molecule has 490 valence electrons. The zero-order valence-electron chi connectivity index (χ0n) is 56.2. The number of esters is 1. The van der Waals surface area contributed by atoms with Crippen LogP contribution in [0.3, 0.4) is 0 Å². The summed E-state index contributed by atoms with van der Waals surface area (Å²) in [5.74, 6) is -0.0547. The first-order chi connectivity index (χ1) is 41.0. The molecule has 1 amide bonds. The minimum Gasteiger partial charge on any atom is -0.466 e. The van der Waals surface area contributed by atoms with Crippen LogP contribution in [0.2, 0.25) is 0 Å². The van der Waals surface area contributed by atoms with Gasteiger partial charge in [-0.3, -0.25) is 9.59 Å². The van der Waals surface area contributed by atoms with Crippen molar-refractivity contribution in [3.05, 3.63) is 36.5 Å². The minimum absolute atomic E-state index is 0.00718. The number of hydrogen-bond acceptors (Lipinski definition) is 5. The summed E-state index contributed by atoms with van der Waals surface area (Å²) in [5.41, 5.74) is 0. The Morgan fingerprint density at radius 3 is 0.880 bits per heavy atom.